The molecule has 2 fully saturated rings. The summed E-state index contributed by atoms with van der Waals surface area (Å²) in [4.78, 5) is 4.57. The van der Waals surface area contributed by atoms with Gasteiger partial charge in [0.05, 0.1) is 11.4 Å². The highest BCUT2D eigenvalue weighted by Crippen LogP contribution is 2.46. The number of phenols is 1. The number of fused-ring (bicyclic) bond motifs is 8. The summed E-state index contributed by atoms with van der Waals surface area (Å²) in [5.74, 6) is 1.67. The van der Waals surface area contributed by atoms with Crippen LogP contribution in [-0.2, 0) is 0 Å². The number of para-hydroxylation sites is 4. The highest BCUT2D eigenvalue weighted by Gasteiger charge is 2.23. The van der Waals surface area contributed by atoms with Crippen LogP contribution < -0.4 is 9.80 Å². The third-order valence-corrected chi connectivity index (χ3v) is 15.3. The van der Waals surface area contributed by atoms with Crippen molar-refractivity contribution in [2.45, 2.75) is 110 Å². The molecule has 2 heterocycles. The summed E-state index contributed by atoms with van der Waals surface area (Å²) in [6.45, 7) is 8.25. The van der Waals surface area contributed by atoms with Crippen molar-refractivity contribution in [3.05, 3.63) is 205 Å². The quantitative estimate of drug-likeness (QED) is 0.164. The van der Waals surface area contributed by atoms with Crippen LogP contribution in [0.5, 0.6) is 5.75 Å². The third-order valence-electron chi connectivity index (χ3n) is 15.3. The number of phenolic OH excluding ortho intramolecular Hbond substituents is 1. The molecule has 380 valence electrons. The van der Waals surface area contributed by atoms with Crippen LogP contribution in [0.25, 0.3) is 65.8 Å². The van der Waals surface area contributed by atoms with Gasteiger partial charge in [0, 0.05) is 62.7 Å². The first-order valence-electron chi connectivity index (χ1n) is 27.8. The van der Waals surface area contributed by atoms with E-state index < -0.39 is 0 Å². The lowest BCUT2D eigenvalue weighted by Crippen LogP contribution is -2.11. The van der Waals surface area contributed by atoms with Crippen LogP contribution in [-0.4, -0.2) is 12.2 Å². The second-order valence-electron chi connectivity index (χ2n) is 20.2. The molecule has 0 bridgehead atoms. The monoisotopic (exact) mass is 989 g/mol. The first-order valence-corrected chi connectivity index (χ1v) is 27.8. The predicted octanol–water partition coefficient (Wildman–Crippen LogP) is 21.5. The van der Waals surface area contributed by atoms with E-state index in [2.05, 4.69) is 176 Å². The van der Waals surface area contributed by atoms with Crippen molar-refractivity contribution < 1.29 is 13.9 Å². The van der Waals surface area contributed by atoms with Gasteiger partial charge in [-0.2, -0.15) is 0 Å². The summed E-state index contributed by atoms with van der Waals surface area (Å²) < 4.78 is 12.7. The highest BCUT2D eigenvalue weighted by atomic mass is 16.3. The van der Waals surface area contributed by atoms with Crippen molar-refractivity contribution in [3.8, 4) is 16.9 Å². The molecule has 9 aromatic carbocycles. The number of hydrogen-bond acceptors (Lipinski definition) is 5. The van der Waals surface area contributed by atoms with Gasteiger partial charge in [0.25, 0.3) is 0 Å². The van der Waals surface area contributed by atoms with Gasteiger partial charge in [0.1, 0.15) is 22.5 Å². The molecule has 0 amide bonds. The van der Waals surface area contributed by atoms with E-state index in [1.165, 1.54) is 104 Å². The molecule has 0 radical (unpaired) electrons. The van der Waals surface area contributed by atoms with Crippen molar-refractivity contribution in [1.82, 2.24) is 0 Å². The fourth-order valence-corrected chi connectivity index (χ4v) is 11.6. The molecule has 2 saturated carbocycles. The molecular weight excluding hydrogens is 917 g/mol. The van der Waals surface area contributed by atoms with Gasteiger partial charge in [-0.15, -0.1) is 0 Å². The Morgan fingerprint density at radius 2 is 0.960 bits per heavy atom. The van der Waals surface area contributed by atoms with E-state index in [4.69, 9.17) is 8.83 Å². The van der Waals surface area contributed by atoms with Crippen molar-refractivity contribution in [3.63, 3.8) is 0 Å². The minimum atomic E-state index is 0.275. The van der Waals surface area contributed by atoms with Gasteiger partial charge in [0.15, 0.2) is 5.58 Å². The Hall–Kier alpha value is -7.76. The Kier molecular flexibility index (Phi) is 16.0. The van der Waals surface area contributed by atoms with E-state index in [9.17, 15) is 5.11 Å². The molecule has 2 aliphatic rings. The zero-order valence-electron chi connectivity index (χ0n) is 44.6. The maximum Gasteiger partial charge on any atom is 0.159 e. The van der Waals surface area contributed by atoms with Crippen molar-refractivity contribution in [2.75, 3.05) is 16.8 Å². The number of aromatic hydroxyl groups is 1. The number of benzene rings is 9. The van der Waals surface area contributed by atoms with Gasteiger partial charge >= 0.3 is 0 Å². The van der Waals surface area contributed by atoms with Crippen molar-refractivity contribution >= 4 is 83.1 Å². The first kappa shape index (κ1) is 50.8. The minimum Gasteiger partial charge on any atom is -0.507 e. The zero-order valence-corrected chi connectivity index (χ0v) is 44.6. The largest absolute Gasteiger partial charge is 0.507 e. The maximum atomic E-state index is 10.7. The summed E-state index contributed by atoms with van der Waals surface area (Å²) in [6, 6.07) is 68.1. The van der Waals surface area contributed by atoms with Crippen molar-refractivity contribution in [1.29, 1.82) is 0 Å². The topological polar surface area (TPSA) is 53.0 Å². The van der Waals surface area contributed by atoms with Gasteiger partial charge in [-0.3, -0.25) is 0 Å². The Bertz CT molecular complexity index is 3630. The fraction of sp³-hybridized carbons (Fsp3) is 0.257. The van der Waals surface area contributed by atoms with Gasteiger partial charge in [-0.1, -0.05) is 200 Å². The Labute approximate surface area is 444 Å². The Morgan fingerprint density at radius 1 is 0.440 bits per heavy atom. The molecule has 1 N–H and O–H groups in total. The number of hydrogen-bond donors (Lipinski definition) is 1. The second kappa shape index (κ2) is 23.6. The molecule has 2 aromatic heterocycles. The van der Waals surface area contributed by atoms with Crippen LogP contribution in [0.1, 0.15) is 121 Å². The molecule has 5 heteroatoms. The average molecular weight is 989 g/mol. The highest BCUT2D eigenvalue weighted by molar-refractivity contribution is 6.22. The van der Waals surface area contributed by atoms with E-state index in [0.29, 0.717) is 5.92 Å². The molecule has 0 atom stereocenters. The summed E-state index contributed by atoms with van der Waals surface area (Å²) in [6.07, 6.45) is 14.6. The van der Waals surface area contributed by atoms with Gasteiger partial charge < -0.3 is 23.7 Å². The summed E-state index contributed by atoms with van der Waals surface area (Å²) >= 11 is 0. The lowest BCUT2D eigenvalue weighted by molar-refractivity contribution is 0.443. The van der Waals surface area contributed by atoms with Crippen LogP contribution >= 0.6 is 0 Å². The maximum absolute atomic E-state index is 10.7. The first-order chi connectivity index (χ1) is 37.0. The van der Waals surface area contributed by atoms with Crippen LogP contribution in [0, 0.1) is 0 Å². The average Bonchev–Trinajstić information content (AvgIpc) is 4.06. The van der Waals surface area contributed by atoms with Crippen LogP contribution in [0.15, 0.2) is 203 Å². The van der Waals surface area contributed by atoms with E-state index >= 15 is 0 Å². The summed E-state index contributed by atoms with van der Waals surface area (Å²) in [5.41, 5.74) is 13.8. The third kappa shape index (κ3) is 10.6. The van der Waals surface area contributed by atoms with Crippen LogP contribution in [0.4, 0.5) is 28.4 Å². The molecule has 11 aromatic rings. The molecule has 2 aliphatic carbocycles. The molecule has 0 spiro atoms. The molecule has 5 nitrogen and oxygen atoms in total. The molecule has 75 heavy (non-hydrogen) atoms. The smallest absolute Gasteiger partial charge is 0.159 e. The van der Waals surface area contributed by atoms with E-state index in [1.54, 1.807) is 6.07 Å². The normalized spacial score (nSPS) is 13.9. The number of anilines is 5. The molecule has 0 unspecified atom stereocenters. The lowest BCUT2D eigenvalue weighted by Gasteiger charge is -2.28. The van der Waals surface area contributed by atoms with Crippen LogP contribution in [0.2, 0.25) is 0 Å². The lowest BCUT2D eigenvalue weighted by atomic mass is 9.84. The molecule has 13 rings (SSSR count). The fourth-order valence-electron chi connectivity index (χ4n) is 11.6. The second-order valence-corrected chi connectivity index (χ2v) is 20.2. The number of rotatable bonds is 8. The summed E-state index contributed by atoms with van der Waals surface area (Å²) in [7, 11) is 2.12. The molecule has 0 saturated heterocycles. The SMILES string of the molecule is CC.CCC.CN(c1ccc(C2CCCCC2)cc1)c1cccc2c1oc1ccccc12.Oc1ccccc1-c1cccc(N(c2ccc(C3CCCCC3)cc2)c2cc3oc4ccccc4c3c3ccccc23)c1. The van der Waals surface area contributed by atoms with Crippen LogP contribution in [0.3, 0.4) is 0 Å². The van der Waals surface area contributed by atoms with Gasteiger partial charge in [-0.25, -0.2) is 0 Å². The minimum absolute atomic E-state index is 0.275. The van der Waals surface area contributed by atoms with Gasteiger partial charge in [-0.05, 0) is 120 Å². The van der Waals surface area contributed by atoms with E-state index in [0.717, 1.165) is 78.3 Å². The number of nitrogens with zero attached hydrogens (tertiary/aromatic N) is 2. The predicted molar refractivity (Wildman–Crippen MR) is 320 cm³/mol. The molecule has 0 aliphatic heterocycles. The van der Waals surface area contributed by atoms with E-state index in [-0.39, 0.29) is 5.75 Å². The zero-order chi connectivity index (χ0) is 51.7. The standard InChI is InChI=1S/C40H33NO2.C25H25NO.C3H8.C2H6/c42-37-19-8-6-15-32(37)29-13-10-14-31(25-29)41(30-23-21-28(22-24-30)27-11-2-1-3-12-27)36-26-39-40(34-17-5-4-16-33(34)36)35-18-7-9-20-38(35)43-39;1-26(20-16-14-19(15-17-20)18-8-3-2-4-9-18)23-12-7-11-22-21-10-5-6-13-24(21)27-25(22)23;1-3-2;1-2/h4-10,13-27,42H,1-3,11-12H2;5-7,10-18H,2-4,8-9H2,1H3;3H2,1-2H3;1-2H3. The van der Waals surface area contributed by atoms with Gasteiger partial charge in [0.2, 0.25) is 0 Å². The summed E-state index contributed by atoms with van der Waals surface area (Å²) in [5, 5.41) is 17.6. The Balaban J connectivity index is 0.000000172. The Morgan fingerprint density at radius 3 is 1.60 bits per heavy atom. The van der Waals surface area contributed by atoms with E-state index in [1.807, 2.05) is 56.3 Å². The number of furan rings is 2. The van der Waals surface area contributed by atoms with Crippen molar-refractivity contribution in [2.24, 2.45) is 0 Å². The molecular formula is C70H72N2O3.